The number of benzene rings is 2. The maximum absolute atomic E-state index is 12.5. The quantitative estimate of drug-likeness (QED) is 0.661. The van der Waals surface area contributed by atoms with Gasteiger partial charge in [-0.3, -0.25) is 4.79 Å². The Labute approximate surface area is 165 Å². The molecule has 3 aromatic rings. The van der Waals surface area contributed by atoms with Crippen LogP contribution in [0.3, 0.4) is 0 Å². The van der Waals surface area contributed by atoms with Crippen LogP contribution in [-0.4, -0.2) is 14.3 Å². The van der Waals surface area contributed by atoms with Crippen LogP contribution in [0.5, 0.6) is 0 Å². The predicted octanol–water partition coefficient (Wildman–Crippen LogP) is 4.57. The fraction of sp³-hybridized carbons (Fsp3) is 0.227. The molecule has 28 heavy (non-hydrogen) atoms. The van der Waals surface area contributed by atoms with E-state index in [4.69, 9.17) is 4.42 Å². The van der Waals surface area contributed by atoms with Crippen LogP contribution in [0, 0.1) is 20.8 Å². The standard InChI is InChI=1S/C22H23NO4S/c1-15-8-10-20(17(3)12-15)23-22(24)21-11-9-19(27-21)14-28(25,26)13-18-7-5-4-6-16(18)2/h4-12H,13-14H2,1-3H3,(H,23,24). The maximum Gasteiger partial charge on any atom is 0.291 e. The molecule has 0 saturated carbocycles. The molecule has 146 valence electrons. The SMILES string of the molecule is Cc1ccc(NC(=O)c2ccc(CS(=O)(=O)Cc3ccccc3C)o2)c(C)c1. The van der Waals surface area contributed by atoms with Gasteiger partial charge in [0.15, 0.2) is 15.6 Å². The first-order valence-electron chi connectivity index (χ1n) is 8.96. The summed E-state index contributed by atoms with van der Waals surface area (Å²) < 4.78 is 30.5. The minimum Gasteiger partial charge on any atom is -0.455 e. The minimum absolute atomic E-state index is 0.0650. The smallest absolute Gasteiger partial charge is 0.291 e. The zero-order chi connectivity index (χ0) is 20.3. The number of furan rings is 1. The molecule has 0 spiro atoms. The Morgan fingerprint density at radius 2 is 1.68 bits per heavy atom. The number of hydrogen-bond acceptors (Lipinski definition) is 4. The first kappa shape index (κ1) is 19.9. The summed E-state index contributed by atoms with van der Waals surface area (Å²) in [7, 11) is -3.42. The van der Waals surface area contributed by atoms with E-state index in [0.717, 1.165) is 22.3 Å². The van der Waals surface area contributed by atoms with E-state index < -0.39 is 15.7 Å². The van der Waals surface area contributed by atoms with Crippen LogP contribution in [0.1, 0.15) is 38.6 Å². The van der Waals surface area contributed by atoms with Gasteiger partial charge in [-0.1, -0.05) is 42.0 Å². The van der Waals surface area contributed by atoms with Gasteiger partial charge in [0.1, 0.15) is 11.5 Å². The summed E-state index contributed by atoms with van der Waals surface area (Å²) in [6, 6.07) is 16.1. The highest BCUT2D eigenvalue weighted by molar-refractivity contribution is 7.89. The predicted molar refractivity (Wildman–Crippen MR) is 110 cm³/mol. The van der Waals surface area contributed by atoms with Crippen molar-refractivity contribution in [1.82, 2.24) is 0 Å². The Kier molecular flexibility index (Phi) is 5.70. The van der Waals surface area contributed by atoms with Gasteiger partial charge < -0.3 is 9.73 Å². The molecule has 5 nitrogen and oxygen atoms in total. The largest absolute Gasteiger partial charge is 0.455 e. The van der Waals surface area contributed by atoms with E-state index in [-0.39, 0.29) is 23.0 Å². The van der Waals surface area contributed by atoms with E-state index in [1.807, 2.05) is 57.2 Å². The van der Waals surface area contributed by atoms with E-state index in [1.54, 1.807) is 6.07 Å². The van der Waals surface area contributed by atoms with Crippen LogP contribution in [0.25, 0.3) is 0 Å². The molecule has 6 heteroatoms. The van der Waals surface area contributed by atoms with Crippen molar-refractivity contribution in [3.8, 4) is 0 Å². The van der Waals surface area contributed by atoms with Gasteiger partial charge in [-0.05, 0) is 55.7 Å². The second kappa shape index (κ2) is 8.02. The lowest BCUT2D eigenvalue weighted by Gasteiger charge is -2.08. The fourth-order valence-corrected chi connectivity index (χ4v) is 4.48. The normalized spacial score (nSPS) is 11.4. The van der Waals surface area contributed by atoms with Crippen LogP contribution in [-0.2, 0) is 21.3 Å². The van der Waals surface area contributed by atoms with Gasteiger partial charge in [0.2, 0.25) is 0 Å². The summed E-state index contributed by atoms with van der Waals surface area (Å²) in [4.78, 5) is 12.4. The van der Waals surface area contributed by atoms with Gasteiger partial charge >= 0.3 is 0 Å². The Bertz CT molecular complexity index is 1110. The van der Waals surface area contributed by atoms with Crippen molar-refractivity contribution in [1.29, 1.82) is 0 Å². The van der Waals surface area contributed by atoms with Gasteiger partial charge in [-0.15, -0.1) is 0 Å². The number of carbonyl (C=O) groups is 1. The average Bonchev–Trinajstić information content (AvgIpc) is 3.07. The van der Waals surface area contributed by atoms with Crippen molar-refractivity contribution in [2.45, 2.75) is 32.3 Å². The third-order valence-corrected chi connectivity index (χ3v) is 5.99. The molecule has 1 aromatic heterocycles. The summed E-state index contributed by atoms with van der Waals surface area (Å²) in [5, 5.41) is 2.80. The maximum atomic E-state index is 12.5. The highest BCUT2D eigenvalue weighted by Gasteiger charge is 2.19. The molecule has 3 rings (SSSR count). The Morgan fingerprint density at radius 1 is 0.929 bits per heavy atom. The topological polar surface area (TPSA) is 76.4 Å². The number of sulfone groups is 1. The third-order valence-electron chi connectivity index (χ3n) is 4.51. The molecule has 0 fully saturated rings. The second-order valence-corrected chi connectivity index (χ2v) is 9.06. The van der Waals surface area contributed by atoms with Crippen molar-refractivity contribution >= 4 is 21.4 Å². The number of amides is 1. The van der Waals surface area contributed by atoms with Crippen LogP contribution >= 0.6 is 0 Å². The molecular formula is C22H23NO4S. The van der Waals surface area contributed by atoms with E-state index in [0.29, 0.717) is 5.69 Å². The van der Waals surface area contributed by atoms with Crippen molar-refractivity contribution < 1.29 is 17.6 Å². The molecule has 0 atom stereocenters. The zero-order valence-corrected chi connectivity index (χ0v) is 17.0. The molecule has 0 bridgehead atoms. The lowest BCUT2D eigenvalue weighted by atomic mass is 10.1. The van der Waals surface area contributed by atoms with Crippen LogP contribution in [0.4, 0.5) is 5.69 Å². The van der Waals surface area contributed by atoms with Gasteiger partial charge in [0.05, 0.1) is 5.75 Å². The van der Waals surface area contributed by atoms with E-state index in [2.05, 4.69) is 5.32 Å². The molecule has 0 radical (unpaired) electrons. The van der Waals surface area contributed by atoms with Crippen LogP contribution in [0.2, 0.25) is 0 Å². The van der Waals surface area contributed by atoms with E-state index in [1.165, 1.54) is 12.1 Å². The number of hydrogen-bond donors (Lipinski definition) is 1. The first-order valence-corrected chi connectivity index (χ1v) is 10.8. The van der Waals surface area contributed by atoms with Gasteiger partial charge in [-0.25, -0.2) is 8.42 Å². The Balaban J connectivity index is 1.69. The first-order chi connectivity index (χ1) is 13.2. The molecule has 1 amide bonds. The summed E-state index contributed by atoms with van der Waals surface area (Å²) in [6.07, 6.45) is 0. The lowest BCUT2D eigenvalue weighted by molar-refractivity contribution is 0.0995. The monoisotopic (exact) mass is 397 g/mol. The fourth-order valence-electron chi connectivity index (χ4n) is 2.99. The Hall–Kier alpha value is -2.86. The lowest BCUT2D eigenvalue weighted by Crippen LogP contribution is -2.12. The summed E-state index contributed by atoms with van der Waals surface area (Å²) in [5.41, 5.74) is 4.44. The highest BCUT2D eigenvalue weighted by Crippen LogP contribution is 2.20. The molecule has 0 aliphatic carbocycles. The van der Waals surface area contributed by atoms with Crippen LogP contribution in [0.15, 0.2) is 59.0 Å². The summed E-state index contributed by atoms with van der Waals surface area (Å²) in [5.74, 6) is -0.391. The zero-order valence-electron chi connectivity index (χ0n) is 16.2. The number of rotatable bonds is 6. The van der Waals surface area contributed by atoms with Crippen LogP contribution < -0.4 is 5.32 Å². The van der Waals surface area contributed by atoms with Gasteiger partial charge in [0, 0.05) is 5.69 Å². The molecule has 1 N–H and O–H groups in total. The van der Waals surface area contributed by atoms with Gasteiger partial charge in [0.25, 0.3) is 5.91 Å². The summed E-state index contributed by atoms with van der Waals surface area (Å²) in [6.45, 7) is 5.77. The molecule has 2 aromatic carbocycles. The van der Waals surface area contributed by atoms with Crippen molar-refractivity contribution in [2.24, 2.45) is 0 Å². The number of nitrogens with one attached hydrogen (secondary N) is 1. The highest BCUT2D eigenvalue weighted by atomic mass is 32.2. The third kappa shape index (κ3) is 4.89. The van der Waals surface area contributed by atoms with Crippen molar-refractivity contribution in [2.75, 3.05) is 5.32 Å². The molecular weight excluding hydrogens is 374 g/mol. The number of aryl methyl sites for hydroxylation is 3. The second-order valence-electron chi connectivity index (χ2n) is 7.00. The van der Waals surface area contributed by atoms with E-state index >= 15 is 0 Å². The molecule has 1 heterocycles. The molecule has 0 aliphatic rings. The molecule has 0 saturated heterocycles. The van der Waals surface area contributed by atoms with E-state index in [9.17, 15) is 13.2 Å². The minimum atomic E-state index is -3.42. The number of carbonyl (C=O) groups excluding carboxylic acids is 1. The Morgan fingerprint density at radius 3 is 2.39 bits per heavy atom. The van der Waals surface area contributed by atoms with Gasteiger partial charge in [-0.2, -0.15) is 0 Å². The van der Waals surface area contributed by atoms with Crippen molar-refractivity contribution in [3.05, 3.63) is 88.4 Å². The van der Waals surface area contributed by atoms with Crippen molar-refractivity contribution in [3.63, 3.8) is 0 Å². The molecule has 0 aliphatic heterocycles. The number of anilines is 1. The average molecular weight is 397 g/mol. The molecule has 0 unspecified atom stereocenters. The summed E-state index contributed by atoms with van der Waals surface area (Å²) >= 11 is 0.